The van der Waals surface area contributed by atoms with Crippen LogP contribution >= 0.6 is 0 Å². The lowest BCUT2D eigenvalue weighted by atomic mass is 10.1. The van der Waals surface area contributed by atoms with E-state index >= 15 is 0 Å². The van der Waals surface area contributed by atoms with Crippen molar-refractivity contribution in [2.75, 3.05) is 13.2 Å². The van der Waals surface area contributed by atoms with E-state index in [1.54, 1.807) is 0 Å². The summed E-state index contributed by atoms with van der Waals surface area (Å²) >= 11 is 0. The Hall–Kier alpha value is -5.49. The molecule has 1 atom stereocenters. The third kappa shape index (κ3) is 65.3. The highest BCUT2D eigenvalue weighted by Gasteiger charge is 2.19. The topological polar surface area (TPSA) is 78.9 Å². The molecule has 6 nitrogen and oxygen atoms in total. The lowest BCUT2D eigenvalue weighted by molar-refractivity contribution is -0.167. The minimum absolute atomic E-state index is 0.107. The first-order valence-electron chi connectivity index (χ1n) is 32.8. The summed E-state index contributed by atoms with van der Waals surface area (Å²) in [6.07, 6.45) is 102. The number of hydrogen-bond donors (Lipinski definition) is 0. The normalized spacial score (nSPS) is 13.4. The van der Waals surface area contributed by atoms with Crippen LogP contribution in [-0.2, 0) is 28.6 Å². The Balaban J connectivity index is 4.35. The molecule has 0 saturated carbocycles. The number of esters is 3. The molecule has 0 bridgehead atoms. The van der Waals surface area contributed by atoms with Crippen molar-refractivity contribution in [3.8, 4) is 0 Å². The van der Waals surface area contributed by atoms with E-state index in [0.717, 1.165) is 148 Å². The Morgan fingerprint density at radius 1 is 0.256 bits per heavy atom. The van der Waals surface area contributed by atoms with Gasteiger partial charge in [-0.25, -0.2) is 0 Å². The summed E-state index contributed by atoms with van der Waals surface area (Å²) in [5.41, 5.74) is 0. The van der Waals surface area contributed by atoms with Gasteiger partial charge in [0.25, 0.3) is 0 Å². The predicted octanol–water partition coefficient (Wildman–Crippen LogP) is 22.8. The van der Waals surface area contributed by atoms with Crippen LogP contribution < -0.4 is 0 Å². The maximum Gasteiger partial charge on any atom is 0.306 e. The molecule has 0 aromatic heterocycles. The number of carbonyl (C=O) groups is 3. The van der Waals surface area contributed by atoms with Gasteiger partial charge in [-0.05, 0) is 135 Å². The zero-order chi connectivity index (χ0) is 59.2. The van der Waals surface area contributed by atoms with Crippen molar-refractivity contribution in [2.45, 2.75) is 264 Å². The van der Waals surface area contributed by atoms with E-state index in [2.05, 4.69) is 203 Å². The van der Waals surface area contributed by atoms with E-state index in [-0.39, 0.29) is 37.5 Å². The van der Waals surface area contributed by atoms with Gasteiger partial charge in [-0.15, -0.1) is 0 Å². The predicted molar refractivity (Wildman–Crippen MR) is 357 cm³/mol. The van der Waals surface area contributed by atoms with Crippen LogP contribution in [0.15, 0.2) is 182 Å². The Morgan fingerprint density at radius 2 is 0.488 bits per heavy atom. The van der Waals surface area contributed by atoms with Crippen molar-refractivity contribution < 1.29 is 28.6 Å². The molecule has 0 N–H and O–H groups in total. The van der Waals surface area contributed by atoms with Crippen molar-refractivity contribution in [1.29, 1.82) is 0 Å². The van der Waals surface area contributed by atoms with Crippen LogP contribution in [0.3, 0.4) is 0 Å². The first-order valence-corrected chi connectivity index (χ1v) is 32.8. The quantitative estimate of drug-likeness (QED) is 0.0261. The van der Waals surface area contributed by atoms with Crippen LogP contribution in [0.25, 0.3) is 0 Å². The summed E-state index contributed by atoms with van der Waals surface area (Å²) in [6, 6.07) is 0. The van der Waals surface area contributed by atoms with E-state index in [4.69, 9.17) is 14.2 Å². The highest BCUT2D eigenvalue weighted by molar-refractivity contribution is 5.71. The van der Waals surface area contributed by atoms with E-state index in [1.165, 1.54) is 64.2 Å². The summed E-state index contributed by atoms with van der Waals surface area (Å²) in [4.78, 5) is 38.2. The van der Waals surface area contributed by atoms with E-state index < -0.39 is 6.10 Å². The SMILES string of the molecule is CC/C=C\C/C=C\C/C=C\C/C=C\C/C=C\C/C=C\C/C=C\C/C=C\C/C=C\CCCC(=O)OCC(COC(=O)CCCCCCCCCC)OC(=O)CCCCCCCCCC/C=C\C/C=C\C/C=C\C/C=C\C/C=C\C/C=C\CC. The van der Waals surface area contributed by atoms with E-state index in [1.807, 2.05) is 0 Å². The standard InChI is InChI=1S/C76H118O6/c1-4-7-10-13-16-19-21-23-25-27-29-31-33-35-37-38-40-41-43-45-47-49-51-53-55-57-60-63-66-69-75(78)81-72-73(71-80-74(77)68-65-62-59-18-15-12-9-6-3)82-76(79)70-67-64-61-58-56-54-52-50-48-46-44-42-39-36-34-32-30-28-26-24-22-20-17-14-11-8-5-2/h7-8,10-11,16-17,19-20,23-26,29-32,35-37,39-41,44-47,51,53,57,60,73H,4-6,9,12-15,18,21-22,27-28,33-34,38,42-43,48-50,52,54-56,58-59,61-72H2,1-3H3/b10-7-,11-8-,19-16-,20-17-,25-23-,26-24-,31-29-,32-30-,37-35-,39-36-,41-40-,46-44-,47-45-,53-51-,60-57-. The Labute approximate surface area is 504 Å². The van der Waals surface area contributed by atoms with Gasteiger partial charge in [0.15, 0.2) is 6.10 Å². The van der Waals surface area contributed by atoms with Crippen molar-refractivity contribution in [3.05, 3.63) is 182 Å². The fourth-order valence-electron chi connectivity index (χ4n) is 8.33. The molecule has 0 spiro atoms. The summed E-state index contributed by atoms with van der Waals surface area (Å²) in [7, 11) is 0. The van der Waals surface area contributed by atoms with Gasteiger partial charge in [0.05, 0.1) is 0 Å². The van der Waals surface area contributed by atoms with Crippen molar-refractivity contribution in [1.82, 2.24) is 0 Å². The molecule has 0 radical (unpaired) electrons. The number of rotatable bonds is 57. The average molecular weight is 1130 g/mol. The Bertz CT molecular complexity index is 1920. The van der Waals surface area contributed by atoms with Gasteiger partial charge in [0, 0.05) is 19.3 Å². The largest absolute Gasteiger partial charge is 0.462 e. The molecule has 0 aromatic rings. The van der Waals surface area contributed by atoms with E-state index in [0.29, 0.717) is 19.3 Å². The van der Waals surface area contributed by atoms with Crippen LogP contribution in [0.4, 0.5) is 0 Å². The highest BCUT2D eigenvalue weighted by atomic mass is 16.6. The van der Waals surface area contributed by atoms with Gasteiger partial charge in [-0.2, -0.15) is 0 Å². The van der Waals surface area contributed by atoms with Gasteiger partial charge < -0.3 is 14.2 Å². The molecule has 0 aromatic carbocycles. The molecule has 0 fully saturated rings. The molecule has 82 heavy (non-hydrogen) atoms. The minimum atomic E-state index is -0.815. The molecule has 0 aliphatic carbocycles. The number of allylic oxidation sites excluding steroid dienone is 30. The average Bonchev–Trinajstić information content (AvgIpc) is 3.47. The minimum Gasteiger partial charge on any atom is -0.462 e. The van der Waals surface area contributed by atoms with Gasteiger partial charge >= 0.3 is 17.9 Å². The first kappa shape index (κ1) is 76.5. The lowest BCUT2D eigenvalue weighted by Gasteiger charge is -2.18. The van der Waals surface area contributed by atoms with Crippen LogP contribution in [0.2, 0.25) is 0 Å². The second-order valence-corrected chi connectivity index (χ2v) is 20.9. The van der Waals surface area contributed by atoms with E-state index in [9.17, 15) is 14.4 Å². The lowest BCUT2D eigenvalue weighted by Crippen LogP contribution is -2.30. The zero-order valence-corrected chi connectivity index (χ0v) is 52.4. The third-order valence-corrected chi connectivity index (χ3v) is 13.2. The smallest absolute Gasteiger partial charge is 0.306 e. The van der Waals surface area contributed by atoms with Gasteiger partial charge in [-0.1, -0.05) is 287 Å². The molecule has 458 valence electrons. The van der Waals surface area contributed by atoms with Crippen LogP contribution in [-0.4, -0.2) is 37.2 Å². The molecule has 0 amide bonds. The van der Waals surface area contributed by atoms with Crippen molar-refractivity contribution >= 4 is 17.9 Å². The Morgan fingerprint density at radius 3 is 0.793 bits per heavy atom. The van der Waals surface area contributed by atoms with Gasteiger partial charge in [-0.3, -0.25) is 14.4 Å². The maximum atomic E-state index is 12.9. The summed E-state index contributed by atoms with van der Waals surface area (Å²) in [5.74, 6) is -0.989. The molecular weight excluding hydrogens is 1010 g/mol. The number of hydrogen-bond acceptors (Lipinski definition) is 6. The maximum absolute atomic E-state index is 12.9. The molecule has 0 aliphatic rings. The fraction of sp³-hybridized carbons (Fsp3) is 0.566. The Kier molecular flexibility index (Phi) is 63.5. The van der Waals surface area contributed by atoms with Crippen LogP contribution in [0, 0.1) is 0 Å². The molecule has 0 rings (SSSR count). The van der Waals surface area contributed by atoms with Gasteiger partial charge in [0.1, 0.15) is 13.2 Å². The summed E-state index contributed by atoms with van der Waals surface area (Å²) < 4.78 is 16.8. The second kappa shape index (κ2) is 68.0. The second-order valence-electron chi connectivity index (χ2n) is 20.9. The molecule has 1 unspecified atom stereocenters. The molecule has 0 aliphatic heterocycles. The number of unbranched alkanes of at least 4 members (excludes halogenated alkanes) is 16. The molecule has 0 saturated heterocycles. The summed E-state index contributed by atoms with van der Waals surface area (Å²) in [6.45, 7) is 6.32. The molecular formula is C76H118O6. The fourth-order valence-corrected chi connectivity index (χ4v) is 8.33. The monoisotopic (exact) mass is 1130 g/mol. The van der Waals surface area contributed by atoms with Crippen LogP contribution in [0.5, 0.6) is 0 Å². The third-order valence-electron chi connectivity index (χ3n) is 13.2. The number of carbonyl (C=O) groups excluding carboxylic acids is 3. The highest BCUT2D eigenvalue weighted by Crippen LogP contribution is 2.14. The molecule has 6 heteroatoms. The molecule has 0 heterocycles. The van der Waals surface area contributed by atoms with Crippen molar-refractivity contribution in [3.63, 3.8) is 0 Å². The van der Waals surface area contributed by atoms with Crippen molar-refractivity contribution in [2.24, 2.45) is 0 Å². The number of ether oxygens (including phenoxy) is 3. The zero-order valence-electron chi connectivity index (χ0n) is 52.4. The van der Waals surface area contributed by atoms with Gasteiger partial charge in [0.2, 0.25) is 0 Å². The first-order chi connectivity index (χ1) is 40.5. The summed E-state index contributed by atoms with van der Waals surface area (Å²) in [5, 5.41) is 0. The van der Waals surface area contributed by atoms with Crippen LogP contribution in [0.1, 0.15) is 258 Å².